The lowest BCUT2D eigenvalue weighted by atomic mass is 9.74. The molecule has 234 valence electrons. The number of rotatable bonds is 4. The predicted octanol–water partition coefficient (Wildman–Crippen LogP) is 6.31. The van der Waals surface area contributed by atoms with Gasteiger partial charge in [0, 0.05) is 47.9 Å². The van der Waals surface area contributed by atoms with Crippen LogP contribution < -0.4 is 10.2 Å². The fourth-order valence-corrected chi connectivity index (χ4v) is 8.45. The van der Waals surface area contributed by atoms with Crippen molar-refractivity contribution in [1.29, 1.82) is 0 Å². The maximum atomic E-state index is 13.2. The lowest BCUT2D eigenvalue weighted by Crippen LogP contribution is -2.47. The topological polar surface area (TPSA) is 87.7 Å². The van der Waals surface area contributed by atoms with E-state index in [1.54, 1.807) is 6.20 Å². The molecule has 0 radical (unpaired) electrons. The van der Waals surface area contributed by atoms with Crippen LogP contribution in [-0.4, -0.2) is 46.5 Å². The van der Waals surface area contributed by atoms with Crippen molar-refractivity contribution in [3.8, 4) is 0 Å². The minimum absolute atomic E-state index is 0.00814. The zero-order valence-corrected chi connectivity index (χ0v) is 26.1. The maximum Gasteiger partial charge on any atom is 0.410 e. The van der Waals surface area contributed by atoms with Gasteiger partial charge >= 0.3 is 6.09 Å². The van der Waals surface area contributed by atoms with Gasteiger partial charge in [0.2, 0.25) is 5.91 Å². The summed E-state index contributed by atoms with van der Waals surface area (Å²) in [6.07, 6.45) is 4.62. The number of amides is 2. The second-order valence-electron chi connectivity index (χ2n) is 13.6. The first-order valence-corrected chi connectivity index (χ1v) is 16.5. The summed E-state index contributed by atoms with van der Waals surface area (Å²) in [6.45, 7) is 3.25. The predicted molar refractivity (Wildman–Crippen MR) is 180 cm³/mol. The van der Waals surface area contributed by atoms with Crippen molar-refractivity contribution in [2.75, 3.05) is 29.9 Å². The lowest BCUT2D eigenvalue weighted by molar-refractivity contribution is -0.120. The smallest absolute Gasteiger partial charge is 0.410 e. The molecule has 8 heteroatoms. The Morgan fingerprint density at radius 3 is 2.49 bits per heavy atom. The van der Waals surface area contributed by atoms with E-state index in [4.69, 9.17) is 9.72 Å². The second kappa shape index (κ2) is 10.7. The third kappa shape index (κ3) is 4.57. The van der Waals surface area contributed by atoms with E-state index in [1.165, 1.54) is 22.4 Å². The van der Waals surface area contributed by atoms with Crippen LogP contribution in [0.3, 0.4) is 0 Å². The number of nitrogens with one attached hydrogen (secondary N) is 1. The molecule has 1 fully saturated rings. The SMILES string of the molecule is O=C(OCc1ccccc1)N1CCC2(CC1)CN(Cc1ccc3cc4c(cc3n1)CC1(C4)C(=O)Nc3ncccc31)c1ccccc12. The molecule has 5 aromatic rings. The third-order valence-corrected chi connectivity index (χ3v) is 10.9. The van der Waals surface area contributed by atoms with Crippen molar-refractivity contribution in [2.45, 2.75) is 49.7 Å². The molecule has 3 aromatic carbocycles. The number of para-hydroxylation sites is 1. The number of fused-ring (bicyclic) bond motifs is 6. The summed E-state index contributed by atoms with van der Waals surface area (Å²) >= 11 is 0. The summed E-state index contributed by atoms with van der Waals surface area (Å²) in [5.74, 6) is 0.726. The number of hydrogen-bond acceptors (Lipinski definition) is 6. The molecule has 9 rings (SSSR count). The van der Waals surface area contributed by atoms with Gasteiger partial charge < -0.3 is 19.9 Å². The van der Waals surface area contributed by atoms with Crippen molar-refractivity contribution in [3.63, 3.8) is 0 Å². The molecule has 1 saturated heterocycles. The Morgan fingerprint density at radius 2 is 1.64 bits per heavy atom. The molecule has 0 saturated carbocycles. The van der Waals surface area contributed by atoms with Crippen LogP contribution in [0.2, 0.25) is 0 Å². The van der Waals surface area contributed by atoms with Crippen LogP contribution >= 0.6 is 0 Å². The van der Waals surface area contributed by atoms with Gasteiger partial charge in [-0.1, -0.05) is 60.7 Å². The van der Waals surface area contributed by atoms with Crippen LogP contribution in [-0.2, 0) is 46.4 Å². The van der Waals surface area contributed by atoms with E-state index < -0.39 is 5.41 Å². The number of hydrogen-bond donors (Lipinski definition) is 1. The Hall–Kier alpha value is -5.24. The van der Waals surface area contributed by atoms with Gasteiger partial charge in [-0.2, -0.15) is 0 Å². The number of ether oxygens (including phenoxy) is 1. The molecule has 1 aliphatic carbocycles. The number of likely N-dealkylation sites (tertiary alicyclic amines) is 1. The zero-order chi connectivity index (χ0) is 31.6. The number of aromatic nitrogens is 2. The van der Waals surface area contributed by atoms with Crippen LogP contribution in [0.5, 0.6) is 0 Å². The number of piperidine rings is 1. The molecule has 8 nitrogen and oxygen atoms in total. The molecular formula is C39H35N5O3. The molecule has 3 aliphatic heterocycles. The Balaban J connectivity index is 0.921. The molecule has 5 heterocycles. The lowest BCUT2D eigenvalue weighted by Gasteiger charge is -2.39. The third-order valence-electron chi connectivity index (χ3n) is 10.9. The van der Waals surface area contributed by atoms with E-state index in [2.05, 4.69) is 63.7 Å². The molecule has 1 N–H and O–H groups in total. The Morgan fingerprint density at radius 1 is 0.872 bits per heavy atom. The number of nitrogens with zero attached hydrogens (tertiary/aromatic N) is 4. The average Bonchev–Trinajstić information content (AvgIpc) is 3.72. The van der Waals surface area contributed by atoms with Crippen LogP contribution in [0.25, 0.3) is 10.9 Å². The molecular weight excluding hydrogens is 586 g/mol. The van der Waals surface area contributed by atoms with Crippen molar-refractivity contribution in [1.82, 2.24) is 14.9 Å². The van der Waals surface area contributed by atoms with Gasteiger partial charge in [0.05, 0.1) is 23.2 Å². The quantitative estimate of drug-likeness (QED) is 0.253. The van der Waals surface area contributed by atoms with Gasteiger partial charge in [-0.25, -0.2) is 9.78 Å². The summed E-state index contributed by atoms with van der Waals surface area (Å²) in [6, 6.07) is 31.2. The average molecular weight is 622 g/mol. The first-order valence-electron chi connectivity index (χ1n) is 16.5. The van der Waals surface area contributed by atoms with Crippen molar-refractivity contribution in [3.05, 3.63) is 131 Å². The highest BCUT2D eigenvalue weighted by Gasteiger charge is 2.51. The summed E-state index contributed by atoms with van der Waals surface area (Å²) in [5.41, 5.74) is 8.40. The summed E-state index contributed by atoms with van der Waals surface area (Å²) in [4.78, 5) is 40.0. The van der Waals surface area contributed by atoms with Gasteiger partial charge in [0.15, 0.2) is 0 Å². The van der Waals surface area contributed by atoms with Gasteiger partial charge in [-0.3, -0.25) is 9.78 Å². The molecule has 2 aromatic heterocycles. The Kier molecular flexibility index (Phi) is 6.35. The van der Waals surface area contributed by atoms with Crippen LogP contribution in [0, 0.1) is 0 Å². The molecule has 2 amide bonds. The first-order chi connectivity index (χ1) is 23.0. The molecule has 1 atom stereocenters. The second-order valence-corrected chi connectivity index (χ2v) is 13.6. The maximum absolute atomic E-state index is 13.2. The van der Waals surface area contributed by atoms with E-state index in [0.29, 0.717) is 44.9 Å². The molecule has 1 unspecified atom stereocenters. The fourth-order valence-electron chi connectivity index (χ4n) is 8.45. The minimum Gasteiger partial charge on any atom is -0.445 e. The molecule has 0 bridgehead atoms. The highest BCUT2D eigenvalue weighted by atomic mass is 16.6. The highest BCUT2D eigenvalue weighted by Crippen LogP contribution is 2.49. The van der Waals surface area contributed by atoms with Crippen molar-refractivity contribution < 1.29 is 14.3 Å². The number of anilines is 2. The summed E-state index contributed by atoms with van der Waals surface area (Å²) in [7, 11) is 0. The van der Waals surface area contributed by atoms with Crippen LogP contribution in [0.4, 0.5) is 16.3 Å². The van der Waals surface area contributed by atoms with Gasteiger partial charge in [0.1, 0.15) is 12.4 Å². The van der Waals surface area contributed by atoms with Crippen molar-refractivity contribution >= 4 is 34.4 Å². The molecule has 47 heavy (non-hydrogen) atoms. The van der Waals surface area contributed by atoms with E-state index in [1.807, 2.05) is 47.4 Å². The fraction of sp³-hybridized carbons (Fsp3) is 0.282. The van der Waals surface area contributed by atoms with Gasteiger partial charge in [-0.15, -0.1) is 0 Å². The van der Waals surface area contributed by atoms with E-state index in [0.717, 1.165) is 47.1 Å². The number of benzene rings is 3. The van der Waals surface area contributed by atoms with Crippen LogP contribution in [0.1, 0.15) is 46.4 Å². The monoisotopic (exact) mass is 621 g/mol. The van der Waals surface area contributed by atoms with E-state index in [-0.39, 0.29) is 17.4 Å². The standard InChI is InChI=1S/C39H35N5O3/c45-36-39(32-10-6-16-40-35(32)42-36)21-28-19-27-12-13-30(41-33(27)20-29(28)22-39)23-44-25-38(31-9-4-5-11-34(31)44)14-17-43(18-15-38)37(46)47-24-26-7-2-1-3-8-26/h1-13,16,19-20H,14-15,17-18,21-25H2,(H,40,42,45). The van der Waals surface area contributed by atoms with E-state index in [9.17, 15) is 9.59 Å². The summed E-state index contributed by atoms with van der Waals surface area (Å²) < 4.78 is 5.64. The van der Waals surface area contributed by atoms with Gasteiger partial charge in [-0.05, 0) is 78.3 Å². The first kappa shape index (κ1) is 28.0. The van der Waals surface area contributed by atoms with Crippen LogP contribution in [0.15, 0.2) is 97.2 Å². The number of carbonyl (C=O) groups excluding carboxylic acids is 2. The Labute approximate surface area is 273 Å². The Bertz CT molecular complexity index is 2060. The summed E-state index contributed by atoms with van der Waals surface area (Å²) in [5, 5.41) is 4.11. The highest BCUT2D eigenvalue weighted by molar-refractivity contribution is 6.06. The minimum atomic E-state index is -0.589. The van der Waals surface area contributed by atoms with E-state index >= 15 is 0 Å². The van der Waals surface area contributed by atoms with Gasteiger partial charge in [0.25, 0.3) is 0 Å². The zero-order valence-electron chi connectivity index (χ0n) is 26.1. The number of carbonyl (C=O) groups is 2. The molecule has 2 spiro atoms. The number of pyridine rings is 2. The normalized spacial score (nSPS) is 20.4. The molecule has 4 aliphatic rings. The van der Waals surface area contributed by atoms with Crippen molar-refractivity contribution in [2.24, 2.45) is 0 Å². The largest absolute Gasteiger partial charge is 0.445 e.